The minimum atomic E-state index is -0.582. The van der Waals surface area contributed by atoms with Crippen molar-refractivity contribution >= 4 is 22.7 Å². The Labute approximate surface area is 151 Å². The molecule has 3 aromatic rings. The van der Waals surface area contributed by atoms with Gasteiger partial charge in [-0.05, 0) is 23.8 Å². The van der Waals surface area contributed by atoms with Gasteiger partial charge in [-0.3, -0.25) is 14.6 Å². The standard InChI is InChI=1S/C20H20N4O2/c1-24-12-13(15-7-2-3-8-18(15)24)10-16-19(25)23-17(20(26)22-16)11-14-6-4-5-9-21-14/h2-9,12,16-17H,10-11H2,1H3,(H,22,26)(H,23,25)/t16-,17+/m1/s1. The summed E-state index contributed by atoms with van der Waals surface area (Å²) in [6.45, 7) is 0. The molecule has 2 atom stereocenters. The van der Waals surface area contributed by atoms with Crippen LogP contribution in [0.5, 0.6) is 0 Å². The average Bonchev–Trinajstić information content (AvgIpc) is 2.96. The number of nitrogens with zero attached hydrogens (tertiary/aromatic N) is 2. The molecule has 2 amide bonds. The summed E-state index contributed by atoms with van der Waals surface area (Å²) in [4.78, 5) is 29.2. The highest BCUT2D eigenvalue weighted by Gasteiger charge is 2.34. The lowest BCUT2D eigenvalue weighted by atomic mass is 10.00. The number of rotatable bonds is 4. The van der Waals surface area contributed by atoms with E-state index in [1.165, 1.54) is 0 Å². The fraction of sp³-hybridized carbons (Fsp3) is 0.250. The minimum Gasteiger partial charge on any atom is -0.350 e. The summed E-state index contributed by atoms with van der Waals surface area (Å²) in [5.41, 5.74) is 2.94. The maximum Gasteiger partial charge on any atom is 0.243 e. The topological polar surface area (TPSA) is 76.0 Å². The number of para-hydroxylation sites is 1. The highest BCUT2D eigenvalue weighted by atomic mass is 16.2. The number of carbonyl (C=O) groups excluding carboxylic acids is 2. The first-order valence-electron chi connectivity index (χ1n) is 8.65. The molecular formula is C20H20N4O2. The first kappa shape index (κ1) is 16.3. The number of piperazine rings is 1. The number of fused-ring (bicyclic) bond motifs is 1. The zero-order valence-corrected chi connectivity index (χ0v) is 14.5. The number of aromatic nitrogens is 2. The van der Waals surface area contributed by atoms with Gasteiger partial charge in [-0.15, -0.1) is 0 Å². The molecule has 0 bridgehead atoms. The van der Waals surface area contributed by atoms with E-state index in [4.69, 9.17) is 0 Å². The van der Waals surface area contributed by atoms with Crippen molar-refractivity contribution in [2.45, 2.75) is 24.9 Å². The van der Waals surface area contributed by atoms with Crippen molar-refractivity contribution in [1.29, 1.82) is 0 Å². The van der Waals surface area contributed by atoms with Gasteiger partial charge in [0.2, 0.25) is 11.8 Å². The third-order valence-corrected chi connectivity index (χ3v) is 4.81. The fourth-order valence-electron chi connectivity index (χ4n) is 3.50. The summed E-state index contributed by atoms with van der Waals surface area (Å²) in [6, 6.07) is 12.4. The summed E-state index contributed by atoms with van der Waals surface area (Å²) < 4.78 is 2.04. The van der Waals surface area contributed by atoms with Crippen LogP contribution in [0.1, 0.15) is 11.3 Å². The van der Waals surface area contributed by atoms with Crippen LogP contribution in [0.25, 0.3) is 10.9 Å². The first-order chi connectivity index (χ1) is 12.6. The molecule has 3 heterocycles. The van der Waals surface area contributed by atoms with Crippen molar-refractivity contribution in [3.63, 3.8) is 0 Å². The number of benzene rings is 1. The number of amides is 2. The molecule has 1 saturated heterocycles. The Morgan fingerprint density at radius 3 is 2.38 bits per heavy atom. The first-order valence-corrected chi connectivity index (χ1v) is 8.65. The van der Waals surface area contributed by atoms with E-state index in [-0.39, 0.29) is 11.8 Å². The van der Waals surface area contributed by atoms with Gasteiger partial charge >= 0.3 is 0 Å². The van der Waals surface area contributed by atoms with Crippen molar-refractivity contribution in [2.75, 3.05) is 0 Å². The van der Waals surface area contributed by atoms with Gasteiger partial charge in [0.1, 0.15) is 12.1 Å². The van der Waals surface area contributed by atoms with Crippen LogP contribution in [0.4, 0.5) is 0 Å². The van der Waals surface area contributed by atoms with Crippen LogP contribution in [0.15, 0.2) is 54.9 Å². The minimum absolute atomic E-state index is 0.154. The number of pyridine rings is 1. The molecule has 2 N–H and O–H groups in total. The molecule has 1 fully saturated rings. The van der Waals surface area contributed by atoms with Crippen LogP contribution in [0.3, 0.4) is 0 Å². The zero-order chi connectivity index (χ0) is 18.1. The van der Waals surface area contributed by atoms with Crippen LogP contribution >= 0.6 is 0 Å². The molecule has 0 saturated carbocycles. The summed E-state index contributed by atoms with van der Waals surface area (Å²) >= 11 is 0. The molecule has 6 heteroatoms. The summed E-state index contributed by atoms with van der Waals surface area (Å²) in [5, 5.41) is 6.82. The molecule has 0 aliphatic carbocycles. The zero-order valence-electron chi connectivity index (χ0n) is 14.5. The second-order valence-corrected chi connectivity index (χ2v) is 6.63. The van der Waals surface area contributed by atoms with E-state index in [9.17, 15) is 9.59 Å². The van der Waals surface area contributed by atoms with Gasteiger partial charge in [-0.2, -0.15) is 0 Å². The van der Waals surface area contributed by atoms with E-state index in [0.29, 0.717) is 12.8 Å². The normalized spacial score (nSPS) is 20.0. The van der Waals surface area contributed by atoms with E-state index < -0.39 is 12.1 Å². The number of hydrogen-bond acceptors (Lipinski definition) is 3. The van der Waals surface area contributed by atoms with Crippen molar-refractivity contribution in [2.24, 2.45) is 7.05 Å². The van der Waals surface area contributed by atoms with E-state index in [1.807, 2.05) is 60.3 Å². The lowest BCUT2D eigenvalue weighted by Crippen LogP contribution is -2.62. The second-order valence-electron chi connectivity index (χ2n) is 6.63. The summed E-state index contributed by atoms with van der Waals surface area (Å²) in [6.07, 6.45) is 4.56. The Morgan fingerprint density at radius 1 is 0.962 bits per heavy atom. The Hall–Kier alpha value is -3.15. The maximum atomic E-state index is 12.5. The number of carbonyl (C=O) groups is 2. The van der Waals surface area contributed by atoms with Gasteiger partial charge in [0, 0.05) is 48.9 Å². The van der Waals surface area contributed by atoms with Crippen LogP contribution in [-0.2, 0) is 29.5 Å². The predicted molar refractivity (Wildman–Crippen MR) is 98.4 cm³/mol. The second kappa shape index (κ2) is 6.63. The molecule has 0 unspecified atom stereocenters. The van der Waals surface area contributed by atoms with Gasteiger partial charge in [-0.1, -0.05) is 24.3 Å². The number of nitrogens with one attached hydrogen (secondary N) is 2. The van der Waals surface area contributed by atoms with E-state index >= 15 is 0 Å². The summed E-state index contributed by atoms with van der Waals surface area (Å²) in [7, 11) is 1.98. The molecule has 6 nitrogen and oxygen atoms in total. The maximum absolute atomic E-state index is 12.5. The third-order valence-electron chi connectivity index (χ3n) is 4.81. The molecule has 1 aromatic carbocycles. The third kappa shape index (κ3) is 3.06. The fourth-order valence-corrected chi connectivity index (χ4v) is 3.50. The Kier molecular flexibility index (Phi) is 4.16. The average molecular weight is 348 g/mol. The molecule has 2 aromatic heterocycles. The smallest absolute Gasteiger partial charge is 0.243 e. The van der Waals surface area contributed by atoms with E-state index in [0.717, 1.165) is 22.2 Å². The van der Waals surface area contributed by atoms with Gasteiger partial charge in [0.25, 0.3) is 0 Å². The van der Waals surface area contributed by atoms with Gasteiger partial charge < -0.3 is 15.2 Å². The molecule has 26 heavy (non-hydrogen) atoms. The molecular weight excluding hydrogens is 328 g/mol. The summed E-state index contributed by atoms with van der Waals surface area (Å²) in [5.74, 6) is -0.320. The van der Waals surface area contributed by atoms with Crippen LogP contribution < -0.4 is 10.6 Å². The van der Waals surface area contributed by atoms with Crippen molar-refractivity contribution in [3.05, 3.63) is 66.1 Å². The lowest BCUT2D eigenvalue weighted by Gasteiger charge is -2.29. The Bertz CT molecular complexity index is 964. The molecule has 0 spiro atoms. The quantitative estimate of drug-likeness (QED) is 0.747. The Balaban J connectivity index is 1.49. The van der Waals surface area contributed by atoms with Gasteiger partial charge in [-0.25, -0.2) is 0 Å². The molecule has 1 aliphatic heterocycles. The van der Waals surface area contributed by atoms with Gasteiger partial charge in [0.05, 0.1) is 0 Å². The van der Waals surface area contributed by atoms with Crippen LogP contribution in [-0.4, -0.2) is 33.4 Å². The highest BCUT2D eigenvalue weighted by molar-refractivity contribution is 5.97. The molecule has 132 valence electrons. The van der Waals surface area contributed by atoms with E-state index in [1.54, 1.807) is 6.20 Å². The van der Waals surface area contributed by atoms with E-state index in [2.05, 4.69) is 15.6 Å². The predicted octanol–water partition coefficient (Wildman–Crippen LogP) is 1.34. The lowest BCUT2D eigenvalue weighted by molar-refractivity contribution is -0.136. The van der Waals surface area contributed by atoms with Gasteiger partial charge in [0.15, 0.2) is 0 Å². The SMILES string of the molecule is Cn1cc(C[C@H]2NC(=O)[C@H](Cc3ccccn3)NC2=O)c2ccccc21. The number of hydrogen-bond donors (Lipinski definition) is 2. The van der Waals surface area contributed by atoms with Crippen LogP contribution in [0, 0.1) is 0 Å². The monoisotopic (exact) mass is 348 g/mol. The highest BCUT2D eigenvalue weighted by Crippen LogP contribution is 2.22. The molecule has 1 aliphatic rings. The molecule has 4 rings (SSSR count). The Morgan fingerprint density at radius 2 is 1.65 bits per heavy atom. The van der Waals surface area contributed by atoms with Crippen molar-refractivity contribution in [3.8, 4) is 0 Å². The number of aryl methyl sites for hydroxylation is 1. The largest absolute Gasteiger partial charge is 0.350 e. The van der Waals surface area contributed by atoms with Crippen molar-refractivity contribution < 1.29 is 9.59 Å². The van der Waals surface area contributed by atoms with Crippen molar-refractivity contribution in [1.82, 2.24) is 20.2 Å². The van der Waals surface area contributed by atoms with Crippen LogP contribution in [0.2, 0.25) is 0 Å². The molecule has 0 radical (unpaired) electrons.